The standard InChI is InChI=1S/C26H37NO6/c1-2-3-4-5-6-7-8-9-10-11-12-13-16-19-27-22-18-15-14-17-21(22)25(31)33-26(32)23(28)20-24(29)30/h2,11-12,14-15,17-18,23,27-28H,1,3-10,13,16,19-20H2,(H,29,30). The SMILES string of the molecule is C=CCCCCCCCCC=CCCCNc1ccccc1C(=O)OC(=O)C(O)CC(=O)O. The summed E-state index contributed by atoms with van der Waals surface area (Å²) in [4.78, 5) is 34.5. The van der Waals surface area contributed by atoms with E-state index < -0.39 is 30.4 Å². The minimum Gasteiger partial charge on any atom is -0.481 e. The number of aliphatic hydroxyl groups excluding tert-OH is 1. The lowest BCUT2D eigenvalue weighted by Gasteiger charge is -2.12. The number of anilines is 1. The van der Waals surface area contributed by atoms with Crippen molar-refractivity contribution in [2.24, 2.45) is 0 Å². The molecule has 0 heterocycles. The topological polar surface area (TPSA) is 113 Å². The summed E-state index contributed by atoms with van der Waals surface area (Å²) in [7, 11) is 0. The summed E-state index contributed by atoms with van der Waals surface area (Å²) in [6.45, 7) is 4.37. The third kappa shape index (κ3) is 13.3. The van der Waals surface area contributed by atoms with Crippen molar-refractivity contribution < 1.29 is 29.3 Å². The molecule has 0 saturated carbocycles. The molecule has 0 aliphatic carbocycles. The first-order valence-electron chi connectivity index (χ1n) is 11.7. The smallest absolute Gasteiger partial charge is 0.347 e. The van der Waals surface area contributed by atoms with Gasteiger partial charge in [0.05, 0.1) is 12.0 Å². The molecule has 0 fully saturated rings. The number of carboxylic acids is 1. The number of carbonyl (C=O) groups is 3. The van der Waals surface area contributed by atoms with E-state index in [1.54, 1.807) is 18.2 Å². The second-order valence-corrected chi connectivity index (χ2v) is 7.90. The van der Waals surface area contributed by atoms with Gasteiger partial charge in [0.2, 0.25) is 0 Å². The fraction of sp³-hybridized carbons (Fsp3) is 0.500. The Bertz CT molecular complexity index is 774. The van der Waals surface area contributed by atoms with E-state index in [9.17, 15) is 19.5 Å². The van der Waals surface area contributed by atoms with Crippen LogP contribution in [0.5, 0.6) is 0 Å². The molecular formula is C26H37NO6. The van der Waals surface area contributed by atoms with Crippen LogP contribution in [0.25, 0.3) is 0 Å². The molecule has 182 valence electrons. The Morgan fingerprint density at radius 2 is 1.55 bits per heavy atom. The number of nitrogens with one attached hydrogen (secondary N) is 1. The lowest BCUT2D eigenvalue weighted by Crippen LogP contribution is -2.28. The summed E-state index contributed by atoms with van der Waals surface area (Å²) in [5.74, 6) is -3.58. The Morgan fingerprint density at radius 3 is 2.21 bits per heavy atom. The number of aliphatic carboxylic acids is 1. The first kappa shape index (κ1) is 28.1. The Morgan fingerprint density at radius 1 is 0.939 bits per heavy atom. The summed E-state index contributed by atoms with van der Waals surface area (Å²) in [5.41, 5.74) is 0.661. The van der Waals surface area contributed by atoms with Gasteiger partial charge in [0.15, 0.2) is 6.10 Å². The highest BCUT2D eigenvalue weighted by molar-refractivity contribution is 6.02. The van der Waals surface area contributed by atoms with Crippen LogP contribution in [0.3, 0.4) is 0 Å². The van der Waals surface area contributed by atoms with Crippen LogP contribution < -0.4 is 5.32 Å². The fourth-order valence-corrected chi connectivity index (χ4v) is 3.22. The van der Waals surface area contributed by atoms with Gasteiger partial charge in [0, 0.05) is 12.2 Å². The molecule has 1 unspecified atom stereocenters. The minimum absolute atomic E-state index is 0.147. The summed E-state index contributed by atoms with van der Waals surface area (Å²) in [6, 6.07) is 6.58. The average molecular weight is 460 g/mol. The van der Waals surface area contributed by atoms with E-state index in [1.807, 2.05) is 6.08 Å². The highest BCUT2D eigenvalue weighted by Gasteiger charge is 2.24. The molecule has 0 radical (unpaired) electrons. The van der Waals surface area contributed by atoms with Crippen molar-refractivity contribution in [1.29, 1.82) is 0 Å². The highest BCUT2D eigenvalue weighted by Crippen LogP contribution is 2.17. The molecular weight excluding hydrogens is 422 g/mol. The third-order valence-electron chi connectivity index (χ3n) is 5.04. The second-order valence-electron chi connectivity index (χ2n) is 7.90. The number of unbranched alkanes of at least 4 members (excludes halogenated alkanes) is 8. The predicted molar refractivity (Wildman–Crippen MR) is 129 cm³/mol. The molecule has 0 bridgehead atoms. The number of hydrogen-bond donors (Lipinski definition) is 3. The van der Waals surface area contributed by atoms with Crippen LogP contribution in [0.1, 0.15) is 81.0 Å². The van der Waals surface area contributed by atoms with Crippen LogP contribution in [0.15, 0.2) is 49.1 Å². The average Bonchev–Trinajstić information content (AvgIpc) is 2.79. The summed E-state index contributed by atoms with van der Waals surface area (Å²) in [6.07, 6.45) is 15.3. The Balaban J connectivity index is 2.26. The number of allylic oxidation sites excluding steroid dienone is 3. The van der Waals surface area contributed by atoms with Crippen LogP contribution in [0, 0.1) is 0 Å². The van der Waals surface area contributed by atoms with E-state index in [1.165, 1.54) is 44.6 Å². The molecule has 0 amide bonds. The molecule has 1 aromatic carbocycles. The first-order valence-corrected chi connectivity index (χ1v) is 11.7. The molecule has 7 nitrogen and oxygen atoms in total. The Labute approximate surface area is 196 Å². The molecule has 0 aliphatic rings. The number of esters is 2. The van der Waals surface area contributed by atoms with E-state index in [0.717, 1.165) is 25.7 Å². The van der Waals surface area contributed by atoms with Gasteiger partial charge in [-0.1, -0.05) is 56.0 Å². The van der Waals surface area contributed by atoms with Gasteiger partial charge in [0.25, 0.3) is 0 Å². The van der Waals surface area contributed by atoms with Gasteiger partial charge >= 0.3 is 17.9 Å². The molecule has 1 atom stereocenters. The number of rotatable bonds is 18. The van der Waals surface area contributed by atoms with Crippen molar-refractivity contribution in [1.82, 2.24) is 0 Å². The van der Waals surface area contributed by atoms with Crippen LogP contribution >= 0.6 is 0 Å². The van der Waals surface area contributed by atoms with E-state index in [-0.39, 0.29) is 5.56 Å². The Kier molecular flexibility index (Phi) is 15.0. The molecule has 1 aromatic rings. The maximum absolute atomic E-state index is 12.3. The van der Waals surface area contributed by atoms with E-state index in [0.29, 0.717) is 12.2 Å². The van der Waals surface area contributed by atoms with Crippen molar-refractivity contribution in [2.75, 3.05) is 11.9 Å². The lowest BCUT2D eigenvalue weighted by atomic mass is 10.1. The first-order chi connectivity index (χ1) is 16.0. The van der Waals surface area contributed by atoms with Gasteiger partial charge in [-0.25, -0.2) is 9.59 Å². The molecule has 0 aromatic heterocycles. The summed E-state index contributed by atoms with van der Waals surface area (Å²) < 4.78 is 4.62. The maximum Gasteiger partial charge on any atom is 0.347 e. The zero-order valence-electron chi connectivity index (χ0n) is 19.3. The quantitative estimate of drug-likeness (QED) is 0.119. The predicted octanol–water partition coefficient (Wildman–Crippen LogP) is 5.26. The molecule has 3 N–H and O–H groups in total. The summed E-state index contributed by atoms with van der Waals surface area (Å²) >= 11 is 0. The largest absolute Gasteiger partial charge is 0.481 e. The van der Waals surface area contributed by atoms with Crippen LogP contribution in [-0.2, 0) is 14.3 Å². The van der Waals surface area contributed by atoms with Crippen molar-refractivity contribution >= 4 is 23.6 Å². The van der Waals surface area contributed by atoms with Crippen molar-refractivity contribution in [3.05, 3.63) is 54.6 Å². The zero-order chi connectivity index (χ0) is 24.3. The van der Waals surface area contributed by atoms with E-state index in [2.05, 4.69) is 28.8 Å². The monoisotopic (exact) mass is 459 g/mol. The van der Waals surface area contributed by atoms with E-state index in [4.69, 9.17) is 5.11 Å². The van der Waals surface area contributed by atoms with Crippen molar-refractivity contribution in [3.63, 3.8) is 0 Å². The van der Waals surface area contributed by atoms with Crippen LogP contribution in [-0.4, -0.2) is 40.8 Å². The minimum atomic E-state index is -1.89. The number of benzene rings is 1. The molecule has 0 spiro atoms. The number of aliphatic hydroxyl groups is 1. The molecule has 7 heteroatoms. The van der Waals surface area contributed by atoms with Gasteiger partial charge in [-0.2, -0.15) is 0 Å². The number of carbonyl (C=O) groups excluding carboxylic acids is 2. The highest BCUT2D eigenvalue weighted by atomic mass is 16.6. The normalized spacial score (nSPS) is 11.8. The maximum atomic E-state index is 12.3. The molecule has 0 aliphatic heterocycles. The second kappa shape index (κ2) is 17.6. The molecule has 0 saturated heterocycles. The molecule has 1 rings (SSSR count). The van der Waals surface area contributed by atoms with Gasteiger partial charge in [-0.15, -0.1) is 6.58 Å². The number of carboxylic acid groups (broad SMARTS) is 1. The van der Waals surface area contributed by atoms with Crippen molar-refractivity contribution in [3.8, 4) is 0 Å². The fourth-order valence-electron chi connectivity index (χ4n) is 3.22. The van der Waals surface area contributed by atoms with Gasteiger partial charge < -0.3 is 20.3 Å². The van der Waals surface area contributed by atoms with Crippen LogP contribution in [0.4, 0.5) is 5.69 Å². The van der Waals surface area contributed by atoms with E-state index >= 15 is 0 Å². The number of ether oxygens (including phenoxy) is 1. The van der Waals surface area contributed by atoms with Crippen LogP contribution in [0.2, 0.25) is 0 Å². The number of para-hydroxylation sites is 1. The Hall–Kier alpha value is -2.93. The van der Waals surface area contributed by atoms with Gasteiger partial charge in [-0.05, 0) is 50.7 Å². The summed E-state index contributed by atoms with van der Waals surface area (Å²) in [5, 5.41) is 21.2. The molecule has 33 heavy (non-hydrogen) atoms. The number of hydrogen-bond acceptors (Lipinski definition) is 6. The van der Waals surface area contributed by atoms with Crippen molar-refractivity contribution in [2.45, 2.75) is 76.7 Å². The van der Waals surface area contributed by atoms with Gasteiger partial charge in [0.1, 0.15) is 0 Å². The van der Waals surface area contributed by atoms with Gasteiger partial charge in [-0.3, -0.25) is 4.79 Å². The third-order valence-corrected chi connectivity index (χ3v) is 5.04. The zero-order valence-corrected chi connectivity index (χ0v) is 19.3. The lowest BCUT2D eigenvalue weighted by molar-refractivity contribution is -0.153.